The number of benzene rings is 2. The van der Waals surface area contributed by atoms with Gasteiger partial charge in [0, 0.05) is 31.5 Å². The fourth-order valence-electron chi connectivity index (χ4n) is 4.27. The number of nitrogens with one attached hydrogen (secondary N) is 1. The first-order chi connectivity index (χ1) is 14.8. The number of fused-ring (bicyclic) bond motifs is 2. The zero-order valence-electron chi connectivity index (χ0n) is 17.8. The van der Waals surface area contributed by atoms with Crippen molar-refractivity contribution in [1.29, 1.82) is 0 Å². The maximum absolute atomic E-state index is 13.3. The predicted molar refractivity (Wildman–Crippen MR) is 123 cm³/mol. The van der Waals surface area contributed by atoms with E-state index in [0.717, 1.165) is 24.8 Å². The van der Waals surface area contributed by atoms with Gasteiger partial charge in [-0.2, -0.15) is 0 Å². The van der Waals surface area contributed by atoms with Crippen LogP contribution < -0.4 is 5.32 Å². The average Bonchev–Trinajstić information content (AvgIpc) is 3.12. The third-order valence-corrected chi connectivity index (χ3v) is 7.68. The Hall–Kier alpha value is -2.90. The normalized spacial score (nSPS) is 16.3. The van der Waals surface area contributed by atoms with Crippen LogP contribution in [0.1, 0.15) is 40.5 Å². The number of aromatic nitrogens is 1. The van der Waals surface area contributed by atoms with E-state index in [2.05, 4.69) is 24.0 Å². The number of sulfonamides is 1. The second-order valence-electron chi connectivity index (χ2n) is 8.05. The molecule has 3 aromatic rings. The van der Waals surface area contributed by atoms with E-state index in [1.807, 2.05) is 16.7 Å². The summed E-state index contributed by atoms with van der Waals surface area (Å²) in [5.41, 5.74) is 3.75. The number of carbonyl (C=O) groups is 1. The summed E-state index contributed by atoms with van der Waals surface area (Å²) in [4.78, 5) is 13.5. The molecule has 1 amide bonds. The largest absolute Gasteiger partial charge is 0.344 e. The summed E-state index contributed by atoms with van der Waals surface area (Å²) in [7, 11) is -0.551. The fraction of sp³-hybridized carbons (Fsp3) is 0.292. The number of amides is 1. The molecule has 0 radical (unpaired) electrons. The third kappa shape index (κ3) is 3.91. The lowest BCUT2D eigenvalue weighted by Crippen LogP contribution is -2.32. The van der Waals surface area contributed by atoms with Crippen molar-refractivity contribution in [3.8, 4) is 0 Å². The van der Waals surface area contributed by atoms with Gasteiger partial charge in [-0.3, -0.25) is 4.79 Å². The standard InChI is InChI=1S/C24H27N3O3S/c1-4-14-27-22-13-12-19(31(29,30)26(2)3)15-18(22)16-23(27)24(28)25-21-11-7-9-17-8-5-6-10-20(17)21/h4-6,8,10,12-13,15-16,21H,1,7,9,11,14H2,2-3H3,(H,25,28)/t21-/m0/s1. The number of rotatable bonds is 6. The Morgan fingerprint density at radius 3 is 2.74 bits per heavy atom. The Morgan fingerprint density at radius 2 is 2.00 bits per heavy atom. The summed E-state index contributed by atoms with van der Waals surface area (Å²) in [6.45, 7) is 4.26. The van der Waals surface area contributed by atoms with Gasteiger partial charge in [0.05, 0.1) is 10.9 Å². The number of carbonyl (C=O) groups excluding carboxylic acids is 1. The quantitative estimate of drug-likeness (QED) is 0.595. The molecule has 0 spiro atoms. The lowest BCUT2D eigenvalue weighted by molar-refractivity contribution is 0.0924. The van der Waals surface area contributed by atoms with Crippen LogP contribution in [0.25, 0.3) is 10.9 Å². The van der Waals surface area contributed by atoms with Gasteiger partial charge in [0.1, 0.15) is 5.69 Å². The van der Waals surface area contributed by atoms with Crippen molar-refractivity contribution in [2.24, 2.45) is 0 Å². The minimum absolute atomic E-state index is 0.0303. The van der Waals surface area contributed by atoms with E-state index >= 15 is 0 Å². The van der Waals surface area contributed by atoms with Gasteiger partial charge in [-0.15, -0.1) is 6.58 Å². The van der Waals surface area contributed by atoms with Crippen molar-refractivity contribution in [2.75, 3.05) is 14.1 Å². The van der Waals surface area contributed by atoms with E-state index in [0.29, 0.717) is 17.6 Å². The summed E-state index contributed by atoms with van der Waals surface area (Å²) < 4.78 is 28.1. The molecule has 31 heavy (non-hydrogen) atoms. The van der Waals surface area contributed by atoms with E-state index < -0.39 is 10.0 Å². The number of hydrogen-bond donors (Lipinski definition) is 1. The highest BCUT2D eigenvalue weighted by Gasteiger charge is 2.25. The Bertz CT molecular complexity index is 1260. The molecule has 0 saturated heterocycles. The van der Waals surface area contributed by atoms with Gasteiger partial charge in [0.25, 0.3) is 5.91 Å². The first-order valence-corrected chi connectivity index (χ1v) is 11.8. The first-order valence-electron chi connectivity index (χ1n) is 10.4. The number of allylic oxidation sites excluding steroid dienone is 1. The molecular weight excluding hydrogens is 410 g/mol. The van der Waals surface area contributed by atoms with Crippen molar-refractivity contribution < 1.29 is 13.2 Å². The zero-order chi connectivity index (χ0) is 22.2. The summed E-state index contributed by atoms with van der Waals surface area (Å²) >= 11 is 0. The van der Waals surface area contributed by atoms with Crippen LogP contribution in [0.5, 0.6) is 0 Å². The maximum Gasteiger partial charge on any atom is 0.268 e. The molecule has 1 aromatic heterocycles. The van der Waals surface area contributed by atoms with Crippen molar-refractivity contribution in [3.63, 3.8) is 0 Å². The van der Waals surface area contributed by atoms with Crippen LogP contribution in [0.15, 0.2) is 66.1 Å². The lowest BCUT2D eigenvalue weighted by atomic mass is 9.87. The molecule has 4 rings (SSSR count). The molecule has 0 unspecified atom stereocenters. The summed E-state index contributed by atoms with van der Waals surface area (Å²) in [6.07, 6.45) is 4.69. The smallest absolute Gasteiger partial charge is 0.268 e. The van der Waals surface area contributed by atoms with Gasteiger partial charge in [0.15, 0.2) is 0 Å². The van der Waals surface area contributed by atoms with Crippen molar-refractivity contribution in [1.82, 2.24) is 14.2 Å². The molecule has 1 heterocycles. The molecule has 2 aromatic carbocycles. The number of hydrogen-bond acceptors (Lipinski definition) is 3. The van der Waals surface area contributed by atoms with Gasteiger partial charge >= 0.3 is 0 Å². The molecule has 0 saturated carbocycles. The van der Waals surface area contributed by atoms with Gasteiger partial charge in [-0.25, -0.2) is 12.7 Å². The van der Waals surface area contributed by atoms with Crippen LogP contribution >= 0.6 is 0 Å². The molecule has 1 atom stereocenters. The Morgan fingerprint density at radius 1 is 1.23 bits per heavy atom. The molecule has 7 heteroatoms. The van der Waals surface area contributed by atoms with E-state index in [4.69, 9.17) is 0 Å². The first kappa shape index (κ1) is 21.3. The van der Waals surface area contributed by atoms with E-state index in [1.54, 1.807) is 30.3 Å². The van der Waals surface area contributed by atoms with E-state index in [1.165, 1.54) is 29.5 Å². The van der Waals surface area contributed by atoms with Gasteiger partial charge < -0.3 is 9.88 Å². The van der Waals surface area contributed by atoms with Gasteiger partial charge in [-0.1, -0.05) is 30.3 Å². The predicted octanol–water partition coefficient (Wildman–Crippen LogP) is 3.89. The molecule has 0 aliphatic heterocycles. The number of nitrogens with zero attached hydrogens (tertiary/aromatic N) is 2. The number of aryl methyl sites for hydroxylation is 1. The molecule has 0 fully saturated rings. The van der Waals surface area contributed by atoms with Crippen molar-refractivity contribution in [2.45, 2.75) is 36.7 Å². The minimum Gasteiger partial charge on any atom is -0.344 e. The SMILES string of the molecule is C=CCn1c(C(=O)N[C@H]2CCCc3ccccc32)cc2cc(S(=O)(=O)N(C)C)ccc21. The van der Waals surface area contributed by atoms with Crippen LogP contribution in [0.2, 0.25) is 0 Å². The molecule has 1 aliphatic carbocycles. The van der Waals surface area contributed by atoms with Crippen LogP contribution in [0.4, 0.5) is 0 Å². The Balaban J connectivity index is 1.72. The van der Waals surface area contributed by atoms with Crippen molar-refractivity contribution in [3.05, 3.63) is 78.0 Å². The van der Waals surface area contributed by atoms with Crippen molar-refractivity contribution >= 4 is 26.8 Å². The lowest BCUT2D eigenvalue weighted by Gasteiger charge is -2.26. The monoisotopic (exact) mass is 437 g/mol. The van der Waals surface area contributed by atoms with Crippen LogP contribution in [-0.2, 0) is 23.0 Å². The maximum atomic E-state index is 13.3. The van der Waals surface area contributed by atoms with Crippen LogP contribution in [0.3, 0.4) is 0 Å². The third-order valence-electron chi connectivity index (χ3n) is 5.87. The highest BCUT2D eigenvalue weighted by molar-refractivity contribution is 7.89. The Labute approximate surface area is 183 Å². The highest BCUT2D eigenvalue weighted by atomic mass is 32.2. The second-order valence-corrected chi connectivity index (χ2v) is 10.2. The van der Waals surface area contributed by atoms with E-state index in [9.17, 15) is 13.2 Å². The fourth-order valence-corrected chi connectivity index (χ4v) is 5.21. The van der Waals surface area contributed by atoms with Gasteiger partial charge in [0.2, 0.25) is 10.0 Å². The van der Waals surface area contributed by atoms with Gasteiger partial charge in [-0.05, 0) is 54.7 Å². The summed E-state index contributed by atoms with van der Waals surface area (Å²) in [5, 5.41) is 3.90. The minimum atomic E-state index is -3.56. The Kier molecular flexibility index (Phi) is 5.73. The molecule has 6 nitrogen and oxygen atoms in total. The topological polar surface area (TPSA) is 71.4 Å². The molecule has 1 aliphatic rings. The summed E-state index contributed by atoms with van der Waals surface area (Å²) in [5.74, 6) is -0.170. The van der Waals surface area contributed by atoms with Crippen LogP contribution in [0, 0.1) is 0 Å². The highest BCUT2D eigenvalue weighted by Crippen LogP contribution is 2.30. The van der Waals surface area contributed by atoms with Crippen LogP contribution in [-0.4, -0.2) is 37.3 Å². The second kappa shape index (κ2) is 8.32. The zero-order valence-corrected chi connectivity index (χ0v) is 18.7. The summed E-state index contributed by atoms with van der Waals surface area (Å²) in [6, 6.07) is 14.9. The molecular formula is C24H27N3O3S. The molecule has 162 valence electrons. The average molecular weight is 438 g/mol. The van der Waals surface area contributed by atoms with E-state index in [-0.39, 0.29) is 16.8 Å². The molecule has 1 N–H and O–H groups in total. The molecule has 0 bridgehead atoms.